The summed E-state index contributed by atoms with van der Waals surface area (Å²) in [5, 5.41) is 43.0. The van der Waals surface area contributed by atoms with E-state index < -0.39 is 49.3 Å². The minimum Gasteiger partial charge on any atom is -0.445 e. The second-order valence-corrected chi connectivity index (χ2v) is 6.06. The summed E-state index contributed by atoms with van der Waals surface area (Å²) in [6, 6.07) is 9.10. The molecule has 0 spiro atoms. The molecule has 0 saturated carbocycles. The summed E-state index contributed by atoms with van der Waals surface area (Å²) in [6.45, 7) is -0.507. The number of hydrogen-bond acceptors (Lipinski definition) is 8. The van der Waals surface area contributed by atoms with Crippen LogP contribution in [0.1, 0.15) is 12.0 Å². The highest BCUT2D eigenvalue weighted by atomic mass is 16.6. The molecule has 2 rings (SSSR count). The van der Waals surface area contributed by atoms with Gasteiger partial charge >= 0.3 is 6.09 Å². The van der Waals surface area contributed by atoms with Crippen molar-refractivity contribution in [2.24, 2.45) is 0 Å². The van der Waals surface area contributed by atoms with Crippen LogP contribution in [0.15, 0.2) is 30.3 Å². The molecule has 10 heteroatoms. The van der Waals surface area contributed by atoms with Crippen LogP contribution in [0, 0.1) is 0 Å². The van der Waals surface area contributed by atoms with Gasteiger partial charge in [0.15, 0.2) is 6.23 Å². The topological polar surface area (TPSA) is 158 Å². The molecule has 2 amide bonds. The maximum absolute atomic E-state index is 11.9. The Balaban J connectivity index is 1.68. The van der Waals surface area contributed by atoms with E-state index >= 15 is 0 Å². The van der Waals surface area contributed by atoms with E-state index in [1.54, 1.807) is 12.1 Å². The van der Waals surface area contributed by atoms with Gasteiger partial charge in [0, 0.05) is 13.0 Å². The molecule has 1 heterocycles. The quantitative estimate of drug-likeness (QED) is 0.322. The molecular formula is C17H24N2O8. The number of benzene rings is 1. The first-order chi connectivity index (χ1) is 12.9. The molecule has 150 valence electrons. The van der Waals surface area contributed by atoms with Crippen LogP contribution in [0.4, 0.5) is 4.79 Å². The summed E-state index contributed by atoms with van der Waals surface area (Å²) >= 11 is 0. The lowest BCUT2D eigenvalue weighted by molar-refractivity contribution is -0.235. The molecule has 0 bridgehead atoms. The van der Waals surface area contributed by atoms with Crippen molar-refractivity contribution < 1.29 is 39.5 Å². The van der Waals surface area contributed by atoms with Gasteiger partial charge < -0.3 is 40.5 Å². The van der Waals surface area contributed by atoms with Gasteiger partial charge in [0.1, 0.15) is 31.0 Å². The Morgan fingerprint density at radius 3 is 2.44 bits per heavy atom. The van der Waals surface area contributed by atoms with E-state index in [-0.39, 0.29) is 19.6 Å². The summed E-state index contributed by atoms with van der Waals surface area (Å²) in [7, 11) is 0. The number of alkyl carbamates (subject to hydrolysis) is 1. The fourth-order valence-corrected chi connectivity index (χ4v) is 2.50. The molecule has 10 nitrogen and oxygen atoms in total. The van der Waals surface area contributed by atoms with Gasteiger partial charge in [-0.15, -0.1) is 0 Å². The zero-order valence-corrected chi connectivity index (χ0v) is 14.5. The van der Waals surface area contributed by atoms with Crippen LogP contribution in [0.25, 0.3) is 0 Å². The molecule has 1 aliphatic rings. The minimum atomic E-state index is -1.58. The van der Waals surface area contributed by atoms with Crippen LogP contribution < -0.4 is 10.6 Å². The lowest BCUT2D eigenvalue weighted by Gasteiger charge is -2.40. The predicted molar refractivity (Wildman–Crippen MR) is 91.2 cm³/mol. The molecule has 0 aliphatic carbocycles. The molecule has 1 saturated heterocycles. The normalized spacial score (nSPS) is 27.6. The van der Waals surface area contributed by atoms with E-state index in [1.165, 1.54) is 0 Å². The van der Waals surface area contributed by atoms with E-state index in [2.05, 4.69) is 10.6 Å². The molecule has 1 aromatic carbocycles. The number of carbonyl (C=O) groups is 2. The van der Waals surface area contributed by atoms with Crippen molar-refractivity contribution >= 4 is 12.0 Å². The van der Waals surface area contributed by atoms with Crippen LogP contribution in [-0.2, 0) is 20.9 Å². The first kappa shape index (κ1) is 21.1. The van der Waals surface area contributed by atoms with Gasteiger partial charge in [-0.25, -0.2) is 4.79 Å². The monoisotopic (exact) mass is 384 g/mol. The SMILES string of the molecule is O=C(CCNC(=O)OCc1ccccc1)N[C@H]1O[C@H](CO)[C@@H](O)[C@H](O)[C@H]1O. The van der Waals surface area contributed by atoms with E-state index in [1.807, 2.05) is 18.2 Å². The molecule has 0 unspecified atom stereocenters. The van der Waals surface area contributed by atoms with E-state index in [9.17, 15) is 24.9 Å². The second-order valence-electron chi connectivity index (χ2n) is 6.06. The Hall–Kier alpha value is -2.24. The summed E-state index contributed by atoms with van der Waals surface area (Å²) in [5.74, 6) is -0.567. The number of rotatable bonds is 7. The van der Waals surface area contributed by atoms with Crippen molar-refractivity contribution in [3.63, 3.8) is 0 Å². The predicted octanol–water partition coefficient (Wildman–Crippen LogP) is -1.78. The van der Waals surface area contributed by atoms with Crippen molar-refractivity contribution in [2.45, 2.75) is 43.7 Å². The molecule has 1 fully saturated rings. The lowest BCUT2D eigenvalue weighted by Crippen LogP contribution is -2.63. The molecule has 27 heavy (non-hydrogen) atoms. The van der Waals surface area contributed by atoms with Crippen LogP contribution in [0.5, 0.6) is 0 Å². The summed E-state index contributed by atoms with van der Waals surface area (Å²) < 4.78 is 10.2. The van der Waals surface area contributed by atoms with E-state index in [0.717, 1.165) is 5.56 Å². The van der Waals surface area contributed by atoms with Gasteiger partial charge in [-0.3, -0.25) is 4.79 Å². The van der Waals surface area contributed by atoms with Crippen molar-refractivity contribution in [3.8, 4) is 0 Å². The molecular weight excluding hydrogens is 360 g/mol. The lowest BCUT2D eigenvalue weighted by atomic mass is 9.98. The third-order valence-corrected chi connectivity index (χ3v) is 4.03. The Morgan fingerprint density at radius 2 is 1.78 bits per heavy atom. The van der Waals surface area contributed by atoms with Crippen LogP contribution >= 0.6 is 0 Å². The Bertz CT molecular complexity index is 612. The van der Waals surface area contributed by atoms with Crippen molar-refractivity contribution in [3.05, 3.63) is 35.9 Å². The molecule has 5 atom stereocenters. The first-order valence-electron chi connectivity index (χ1n) is 8.46. The zero-order valence-electron chi connectivity index (χ0n) is 14.5. The van der Waals surface area contributed by atoms with Gasteiger partial charge in [-0.1, -0.05) is 30.3 Å². The minimum absolute atomic E-state index is 0.0170. The largest absolute Gasteiger partial charge is 0.445 e. The number of ether oxygens (including phenoxy) is 2. The maximum atomic E-state index is 11.9. The third kappa shape index (κ3) is 6.15. The molecule has 0 radical (unpaired) electrons. The highest BCUT2D eigenvalue weighted by molar-refractivity contribution is 5.77. The molecule has 6 N–H and O–H groups in total. The molecule has 0 aromatic heterocycles. The first-order valence-corrected chi connectivity index (χ1v) is 8.46. The van der Waals surface area contributed by atoms with Gasteiger partial charge in [-0.2, -0.15) is 0 Å². The van der Waals surface area contributed by atoms with Crippen LogP contribution in [0.3, 0.4) is 0 Å². The van der Waals surface area contributed by atoms with Gasteiger partial charge in [-0.05, 0) is 5.56 Å². The second kappa shape index (κ2) is 10.2. The fourth-order valence-electron chi connectivity index (χ4n) is 2.50. The smallest absolute Gasteiger partial charge is 0.407 e. The highest BCUT2D eigenvalue weighted by Gasteiger charge is 2.43. The Kier molecular flexibility index (Phi) is 7.95. The summed E-state index contributed by atoms with van der Waals surface area (Å²) in [4.78, 5) is 23.5. The third-order valence-electron chi connectivity index (χ3n) is 4.03. The molecule has 1 aromatic rings. The van der Waals surface area contributed by atoms with E-state index in [0.29, 0.717) is 0 Å². The Labute approximate surface area is 155 Å². The molecule has 1 aliphatic heterocycles. The van der Waals surface area contributed by atoms with Gasteiger partial charge in [0.2, 0.25) is 5.91 Å². The summed E-state index contributed by atoms with van der Waals surface area (Å²) in [6.07, 6.45) is -7.85. The van der Waals surface area contributed by atoms with Crippen molar-refractivity contribution in [2.75, 3.05) is 13.2 Å². The van der Waals surface area contributed by atoms with Crippen LogP contribution in [0.2, 0.25) is 0 Å². The Morgan fingerprint density at radius 1 is 1.07 bits per heavy atom. The van der Waals surface area contributed by atoms with Crippen molar-refractivity contribution in [1.82, 2.24) is 10.6 Å². The number of amides is 2. The van der Waals surface area contributed by atoms with Crippen LogP contribution in [-0.4, -0.2) is 76.2 Å². The standard InChI is InChI=1S/C17H24N2O8/c20-8-11-13(22)14(23)15(24)16(27-11)19-12(21)6-7-18-17(25)26-9-10-4-2-1-3-5-10/h1-5,11,13-16,20,22-24H,6-9H2,(H,18,25)(H,19,21)/t11-,13-,14+,15-,16+/m1/s1. The van der Waals surface area contributed by atoms with E-state index in [4.69, 9.17) is 14.6 Å². The number of nitrogens with one attached hydrogen (secondary N) is 2. The highest BCUT2D eigenvalue weighted by Crippen LogP contribution is 2.19. The average Bonchev–Trinajstić information content (AvgIpc) is 2.67. The fraction of sp³-hybridized carbons (Fsp3) is 0.529. The zero-order chi connectivity index (χ0) is 19.8. The van der Waals surface area contributed by atoms with Gasteiger partial charge in [0.25, 0.3) is 0 Å². The average molecular weight is 384 g/mol. The van der Waals surface area contributed by atoms with Crippen molar-refractivity contribution in [1.29, 1.82) is 0 Å². The number of carbonyl (C=O) groups excluding carboxylic acids is 2. The number of aliphatic hydroxyl groups is 4. The number of hydrogen-bond donors (Lipinski definition) is 6. The summed E-state index contributed by atoms with van der Waals surface area (Å²) in [5.41, 5.74) is 0.827. The maximum Gasteiger partial charge on any atom is 0.407 e. The number of aliphatic hydroxyl groups excluding tert-OH is 4. The van der Waals surface area contributed by atoms with Gasteiger partial charge in [0.05, 0.1) is 6.61 Å².